The van der Waals surface area contributed by atoms with Crippen LogP contribution in [0.2, 0.25) is 0 Å². The van der Waals surface area contributed by atoms with Gasteiger partial charge >= 0.3 is 0 Å². The third kappa shape index (κ3) is 1.94. The smallest absolute Gasteiger partial charge is 0.0777 e. The molecule has 74 valence electrons. The van der Waals surface area contributed by atoms with E-state index in [-0.39, 0.29) is 12.0 Å². The first-order chi connectivity index (χ1) is 5.88. The highest BCUT2D eigenvalue weighted by atomic mass is 32.1. The van der Waals surface area contributed by atoms with E-state index in [1.54, 1.807) is 11.3 Å². The monoisotopic (exact) mass is 198 g/mol. The van der Waals surface area contributed by atoms with E-state index in [0.29, 0.717) is 0 Å². The molecule has 1 aromatic heterocycles. The maximum atomic E-state index is 9.23. The Morgan fingerprint density at radius 2 is 1.77 bits per heavy atom. The third-order valence-electron chi connectivity index (χ3n) is 2.35. The summed E-state index contributed by atoms with van der Waals surface area (Å²) in [6.45, 7) is 11.0. The highest BCUT2D eigenvalue weighted by molar-refractivity contribution is 7.12. The minimum Gasteiger partial charge on any atom is -0.391 e. The van der Waals surface area contributed by atoms with E-state index in [1.807, 2.05) is 0 Å². The number of aliphatic hydroxyl groups excluding tert-OH is 1. The molecule has 0 aliphatic rings. The molecule has 0 unspecified atom stereocenters. The van der Waals surface area contributed by atoms with E-state index in [9.17, 15) is 5.11 Å². The fraction of sp³-hybridized carbons (Fsp3) is 0.636. The molecule has 0 saturated carbocycles. The topological polar surface area (TPSA) is 20.2 Å². The summed E-state index contributed by atoms with van der Waals surface area (Å²) in [6, 6.07) is 0. The Hall–Kier alpha value is -0.340. The summed E-state index contributed by atoms with van der Waals surface area (Å²) in [7, 11) is 0. The number of aliphatic hydroxyl groups is 1. The standard InChI is InChI=1S/C11H18OS/c1-7-8(2)13-9(6-12)10(7)11(3,4)5/h12H,6H2,1-5H3. The summed E-state index contributed by atoms with van der Waals surface area (Å²) >= 11 is 1.72. The van der Waals surface area contributed by atoms with Gasteiger partial charge in [0, 0.05) is 9.75 Å². The lowest BCUT2D eigenvalue weighted by atomic mass is 9.84. The molecule has 2 heteroatoms. The van der Waals surface area contributed by atoms with Crippen LogP contribution in [0.3, 0.4) is 0 Å². The van der Waals surface area contributed by atoms with Gasteiger partial charge in [0.2, 0.25) is 0 Å². The fourth-order valence-electron chi connectivity index (χ4n) is 1.79. The second kappa shape index (κ2) is 3.43. The second-order valence-corrected chi connectivity index (χ2v) is 5.80. The summed E-state index contributed by atoms with van der Waals surface area (Å²) < 4.78 is 0. The molecule has 0 aromatic carbocycles. The van der Waals surface area contributed by atoms with Crippen LogP contribution in [0.15, 0.2) is 0 Å². The SMILES string of the molecule is Cc1sc(CO)c(C(C)(C)C)c1C. The number of thiophene rings is 1. The molecule has 1 rings (SSSR count). The van der Waals surface area contributed by atoms with Gasteiger partial charge in [-0.2, -0.15) is 0 Å². The Balaban J connectivity index is 3.33. The van der Waals surface area contributed by atoms with Crippen LogP contribution in [0, 0.1) is 13.8 Å². The molecule has 0 radical (unpaired) electrons. The molecule has 1 aromatic rings. The van der Waals surface area contributed by atoms with Crippen LogP contribution in [0.5, 0.6) is 0 Å². The van der Waals surface area contributed by atoms with Gasteiger partial charge in [-0.3, -0.25) is 0 Å². The zero-order valence-electron chi connectivity index (χ0n) is 9.06. The van der Waals surface area contributed by atoms with Crippen LogP contribution < -0.4 is 0 Å². The molecule has 0 saturated heterocycles. The van der Waals surface area contributed by atoms with Gasteiger partial charge in [0.05, 0.1) is 6.61 Å². The zero-order chi connectivity index (χ0) is 10.2. The predicted molar refractivity (Wildman–Crippen MR) is 58.4 cm³/mol. The van der Waals surface area contributed by atoms with Crippen molar-refractivity contribution in [3.8, 4) is 0 Å². The van der Waals surface area contributed by atoms with E-state index in [0.717, 1.165) is 4.88 Å². The van der Waals surface area contributed by atoms with Gasteiger partial charge < -0.3 is 5.11 Å². The van der Waals surface area contributed by atoms with Crippen LogP contribution in [-0.4, -0.2) is 5.11 Å². The Morgan fingerprint density at radius 1 is 1.23 bits per heavy atom. The van der Waals surface area contributed by atoms with Gasteiger partial charge in [-0.25, -0.2) is 0 Å². The lowest BCUT2D eigenvalue weighted by Gasteiger charge is -2.20. The van der Waals surface area contributed by atoms with Crippen molar-refractivity contribution in [3.63, 3.8) is 0 Å². The number of hydrogen-bond acceptors (Lipinski definition) is 2. The molecule has 0 bridgehead atoms. The summed E-state index contributed by atoms with van der Waals surface area (Å²) in [5.74, 6) is 0. The summed E-state index contributed by atoms with van der Waals surface area (Å²) in [6.07, 6.45) is 0. The molecule has 0 atom stereocenters. The van der Waals surface area contributed by atoms with Crippen molar-refractivity contribution >= 4 is 11.3 Å². The summed E-state index contributed by atoms with van der Waals surface area (Å²) in [5, 5.41) is 9.23. The first-order valence-corrected chi connectivity index (χ1v) is 5.39. The molecule has 0 amide bonds. The highest BCUT2D eigenvalue weighted by Gasteiger charge is 2.23. The van der Waals surface area contributed by atoms with Crippen molar-refractivity contribution in [3.05, 3.63) is 20.9 Å². The molecule has 0 aliphatic heterocycles. The number of rotatable bonds is 1. The van der Waals surface area contributed by atoms with E-state index in [1.165, 1.54) is 16.0 Å². The third-order valence-corrected chi connectivity index (χ3v) is 3.54. The normalized spacial score (nSPS) is 12.2. The molecule has 0 aliphatic carbocycles. The summed E-state index contributed by atoms with van der Waals surface area (Å²) in [5.41, 5.74) is 2.83. The highest BCUT2D eigenvalue weighted by Crippen LogP contribution is 2.36. The zero-order valence-corrected chi connectivity index (χ0v) is 9.88. The lowest BCUT2D eigenvalue weighted by molar-refractivity contribution is 0.282. The average Bonchev–Trinajstić information content (AvgIpc) is 2.26. The van der Waals surface area contributed by atoms with E-state index in [4.69, 9.17) is 0 Å². The molecule has 1 heterocycles. The van der Waals surface area contributed by atoms with E-state index in [2.05, 4.69) is 34.6 Å². The first kappa shape index (κ1) is 10.7. The first-order valence-electron chi connectivity index (χ1n) is 4.58. The van der Waals surface area contributed by atoms with Crippen molar-refractivity contribution in [1.82, 2.24) is 0 Å². The Kier molecular flexibility index (Phi) is 2.83. The minimum atomic E-state index is 0.146. The van der Waals surface area contributed by atoms with Crippen LogP contribution >= 0.6 is 11.3 Å². The quantitative estimate of drug-likeness (QED) is 0.735. The van der Waals surface area contributed by atoms with Crippen molar-refractivity contribution in [2.75, 3.05) is 0 Å². The van der Waals surface area contributed by atoms with Gasteiger partial charge in [-0.15, -0.1) is 11.3 Å². The van der Waals surface area contributed by atoms with E-state index < -0.39 is 0 Å². The van der Waals surface area contributed by atoms with Gasteiger partial charge in [0.15, 0.2) is 0 Å². The average molecular weight is 198 g/mol. The van der Waals surface area contributed by atoms with Gasteiger partial charge in [-0.05, 0) is 30.4 Å². The molecular formula is C11H18OS. The minimum absolute atomic E-state index is 0.146. The van der Waals surface area contributed by atoms with Crippen molar-refractivity contribution in [1.29, 1.82) is 0 Å². The Bertz CT molecular complexity index is 305. The van der Waals surface area contributed by atoms with E-state index >= 15 is 0 Å². The molecule has 13 heavy (non-hydrogen) atoms. The largest absolute Gasteiger partial charge is 0.391 e. The number of aryl methyl sites for hydroxylation is 1. The Labute approximate surface area is 84.4 Å². The van der Waals surface area contributed by atoms with Crippen LogP contribution in [0.1, 0.15) is 41.7 Å². The maximum Gasteiger partial charge on any atom is 0.0777 e. The van der Waals surface area contributed by atoms with Crippen molar-refractivity contribution in [2.24, 2.45) is 0 Å². The van der Waals surface area contributed by atoms with Crippen LogP contribution in [0.25, 0.3) is 0 Å². The molecule has 1 nitrogen and oxygen atoms in total. The van der Waals surface area contributed by atoms with Gasteiger partial charge in [0.1, 0.15) is 0 Å². The predicted octanol–water partition coefficient (Wildman–Crippen LogP) is 3.15. The number of hydrogen-bond donors (Lipinski definition) is 1. The van der Waals surface area contributed by atoms with Crippen molar-refractivity contribution in [2.45, 2.75) is 46.6 Å². The lowest BCUT2D eigenvalue weighted by Crippen LogP contribution is -2.13. The Morgan fingerprint density at radius 3 is 2.08 bits per heavy atom. The summed E-state index contributed by atoms with van der Waals surface area (Å²) in [4.78, 5) is 2.46. The van der Waals surface area contributed by atoms with Crippen molar-refractivity contribution < 1.29 is 5.11 Å². The second-order valence-electron chi connectivity index (χ2n) is 4.49. The molecule has 0 spiro atoms. The van der Waals surface area contributed by atoms with Crippen LogP contribution in [0.4, 0.5) is 0 Å². The maximum absolute atomic E-state index is 9.23. The van der Waals surface area contributed by atoms with Crippen LogP contribution in [-0.2, 0) is 12.0 Å². The molecule has 0 fully saturated rings. The fourth-order valence-corrected chi connectivity index (χ4v) is 3.04. The molecule has 1 N–H and O–H groups in total. The van der Waals surface area contributed by atoms with Gasteiger partial charge in [-0.1, -0.05) is 20.8 Å². The van der Waals surface area contributed by atoms with Gasteiger partial charge in [0.25, 0.3) is 0 Å². The molecular weight excluding hydrogens is 180 g/mol.